The molecular formula is C19H22N4O4S. The molecule has 9 heteroatoms. The molecule has 3 rings (SSSR count). The molecule has 0 fully saturated rings. The highest BCUT2D eigenvalue weighted by Crippen LogP contribution is 2.40. The highest BCUT2D eigenvalue weighted by molar-refractivity contribution is 7.15. The van der Waals surface area contributed by atoms with Crippen molar-refractivity contribution in [3.05, 3.63) is 35.0 Å². The zero-order valence-electron chi connectivity index (χ0n) is 16.1. The summed E-state index contributed by atoms with van der Waals surface area (Å²) in [7, 11) is 4.68. The number of nitrogens with zero attached hydrogens (tertiary/aromatic N) is 3. The van der Waals surface area contributed by atoms with Crippen molar-refractivity contribution in [1.82, 2.24) is 15.0 Å². The molecule has 3 aromatic rings. The second-order valence-corrected chi connectivity index (χ2v) is 6.89. The minimum absolute atomic E-state index is 0.0974. The first-order valence-corrected chi connectivity index (χ1v) is 9.38. The monoisotopic (exact) mass is 402 g/mol. The first-order chi connectivity index (χ1) is 13.6. The summed E-state index contributed by atoms with van der Waals surface area (Å²) < 4.78 is 16.1. The Bertz CT molecular complexity index is 936. The quantitative estimate of drug-likeness (QED) is 0.593. The molecule has 2 aromatic heterocycles. The highest BCUT2D eigenvalue weighted by atomic mass is 32.1. The first-order valence-electron chi connectivity index (χ1n) is 8.57. The van der Waals surface area contributed by atoms with E-state index < -0.39 is 0 Å². The van der Waals surface area contributed by atoms with Crippen molar-refractivity contribution >= 4 is 23.0 Å². The summed E-state index contributed by atoms with van der Waals surface area (Å²) >= 11 is 1.52. The average Bonchev–Trinajstić information content (AvgIpc) is 3.08. The third-order valence-electron chi connectivity index (χ3n) is 4.03. The molecular weight excluding hydrogens is 380 g/mol. The summed E-state index contributed by atoms with van der Waals surface area (Å²) in [5, 5.41) is 13.1. The number of thiazole rings is 1. The van der Waals surface area contributed by atoms with Gasteiger partial charge in [-0.25, -0.2) is 15.0 Å². The van der Waals surface area contributed by atoms with Crippen LogP contribution in [0, 0.1) is 6.92 Å². The third-order valence-corrected chi connectivity index (χ3v) is 5.27. The van der Waals surface area contributed by atoms with E-state index in [-0.39, 0.29) is 6.61 Å². The van der Waals surface area contributed by atoms with Crippen LogP contribution in [0.2, 0.25) is 0 Å². The number of benzene rings is 1. The van der Waals surface area contributed by atoms with Crippen molar-refractivity contribution in [2.45, 2.75) is 13.3 Å². The molecule has 0 unspecified atom stereocenters. The van der Waals surface area contributed by atoms with Gasteiger partial charge in [0.15, 0.2) is 11.5 Å². The maximum atomic E-state index is 9.17. The van der Waals surface area contributed by atoms with Crippen LogP contribution in [-0.4, -0.2) is 48.0 Å². The largest absolute Gasteiger partial charge is 0.493 e. The maximum Gasteiger partial charge on any atom is 0.227 e. The number of aliphatic hydroxyl groups excluding tert-OH is 1. The van der Waals surface area contributed by atoms with Gasteiger partial charge < -0.3 is 24.6 Å². The topological polar surface area (TPSA) is 98.6 Å². The van der Waals surface area contributed by atoms with Crippen LogP contribution in [0.5, 0.6) is 17.2 Å². The van der Waals surface area contributed by atoms with E-state index in [9.17, 15) is 0 Å². The molecule has 0 saturated carbocycles. The van der Waals surface area contributed by atoms with Gasteiger partial charge in [-0.05, 0) is 13.0 Å². The Balaban J connectivity index is 1.90. The number of hydrogen-bond acceptors (Lipinski definition) is 9. The van der Waals surface area contributed by atoms with Gasteiger partial charge in [-0.1, -0.05) is 0 Å². The molecule has 1 aromatic carbocycles. The number of rotatable bonds is 8. The van der Waals surface area contributed by atoms with Crippen molar-refractivity contribution < 1.29 is 19.3 Å². The molecule has 28 heavy (non-hydrogen) atoms. The van der Waals surface area contributed by atoms with Gasteiger partial charge in [0.05, 0.1) is 27.0 Å². The summed E-state index contributed by atoms with van der Waals surface area (Å²) in [6.07, 6.45) is 2.26. The fourth-order valence-corrected chi connectivity index (χ4v) is 3.71. The average molecular weight is 402 g/mol. The van der Waals surface area contributed by atoms with Gasteiger partial charge >= 0.3 is 0 Å². The smallest absolute Gasteiger partial charge is 0.227 e. The van der Waals surface area contributed by atoms with E-state index in [1.165, 1.54) is 11.3 Å². The summed E-state index contributed by atoms with van der Waals surface area (Å²) in [6.45, 7) is 2.03. The lowest BCUT2D eigenvalue weighted by Crippen LogP contribution is -2.00. The normalized spacial score (nSPS) is 10.6. The fraction of sp³-hybridized carbons (Fsp3) is 0.316. The molecule has 2 N–H and O–H groups in total. The van der Waals surface area contributed by atoms with Gasteiger partial charge in [-0.3, -0.25) is 0 Å². The van der Waals surface area contributed by atoms with Gasteiger partial charge in [-0.2, -0.15) is 0 Å². The molecule has 0 bridgehead atoms. The molecule has 0 saturated heterocycles. The van der Waals surface area contributed by atoms with Crippen LogP contribution in [-0.2, 0) is 6.42 Å². The lowest BCUT2D eigenvalue weighted by atomic mass is 10.2. The SMILES string of the molecule is COc1cc(Nc2nccc(-c3nc(C)c(CCO)s3)n2)cc(OC)c1OC. The van der Waals surface area contributed by atoms with Crippen LogP contribution in [0.1, 0.15) is 10.6 Å². The van der Waals surface area contributed by atoms with Crippen molar-refractivity contribution in [3.63, 3.8) is 0 Å². The summed E-state index contributed by atoms with van der Waals surface area (Å²) in [6, 6.07) is 5.37. The minimum atomic E-state index is 0.0974. The molecule has 0 radical (unpaired) electrons. The third kappa shape index (κ3) is 4.15. The van der Waals surface area contributed by atoms with Crippen LogP contribution < -0.4 is 19.5 Å². The van der Waals surface area contributed by atoms with Crippen LogP contribution >= 0.6 is 11.3 Å². The Morgan fingerprint density at radius 2 is 1.79 bits per heavy atom. The number of methoxy groups -OCH3 is 3. The number of anilines is 2. The number of nitrogens with one attached hydrogen (secondary N) is 1. The summed E-state index contributed by atoms with van der Waals surface area (Å²) in [5.41, 5.74) is 2.32. The van der Waals surface area contributed by atoms with Gasteiger partial charge in [-0.15, -0.1) is 11.3 Å². The molecule has 0 spiro atoms. The van der Waals surface area contributed by atoms with Gasteiger partial charge in [0.25, 0.3) is 0 Å². The molecule has 0 aliphatic rings. The predicted octanol–water partition coefficient (Wildman–Crippen LogP) is 3.21. The fourth-order valence-electron chi connectivity index (χ4n) is 2.69. The van der Waals surface area contributed by atoms with E-state index in [4.69, 9.17) is 19.3 Å². The summed E-state index contributed by atoms with van der Waals surface area (Å²) in [4.78, 5) is 14.4. The van der Waals surface area contributed by atoms with Gasteiger partial charge in [0, 0.05) is 41.9 Å². The highest BCUT2D eigenvalue weighted by Gasteiger charge is 2.15. The Kier molecular flexibility index (Phi) is 6.27. The zero-order valence-corrected chi connectivity index (χ0v) is 17.0. The number of aryl methyl sites for hydroxylation is 1. The number of aliphatic hydroxyl groups is 1. The second kappa shape index (κ2) is 8.85. The second-order valence-electron chi connectivity index (χ2n) is 5.81. The molecule has 148 valence electrons. The van der Waals surface area contributed by atoms with E-state index in [0.29, 0.717) is 41.0 Å². The molecule has 8 nitrogen and oxygen atoms in total. The van der Waals surface area contributed by atoms with E-state index in [2.05, 4.69) is 20.3 Å². The van der Waals surface area contributed by atoms with E-state index >= 15 is 0 Å². The lowest BCUT2D eigenvalue weighted by Gasteiger charge is -2.14. The minimum Gasteiger partial charge on any atom is -0.493 e. The van der Waals surface area contributed by atoms with Crippen LogP contribution in [0.15, 0.2) is 24.4 Å². The van der Waals surface area contributed by atoms with Crippen molar-refractivity contribution in [2.75, 3.05) is 33.3 Å². The number of ether oxygens (including phenoxy) is 3. The molecule has 0 aliphatic heterocycles. The van der Waals surface area contributed by atoms with E-state index in [1.807, 2.05) is 6.92 Å². The summed E-state index contributed by atoms with van der Waals surface area (Å²) in [5.74, 6) is 2.00. The Labute approximate surface area is 167 Å². The van der Waals surface area contributed by atoms with Gasteiger partial charge in [0.2, 0.25) is 11.7 Å². The molecule has 2 heterocycles. The first kappa shape index (κ1) is 19.8. The van der Waals surface area contributed by atoms with Crippen LogP contribution in [0.25, 0.3) is 10.7 Å². The standard InChI is InChI=1S/C19H22N4O4S/c1-11-16(6-8-24)28-18(21-11)13-5-7-20-19(23-13)22-12-9-14(25-2)17(27-4)15(10-12)26-3/h5,7,9-10,24H,6,8H2,1-4H3,(H,20,22,23). The number of aromatic nitrogens is 3. The van der Waals surface area contributed by atoms with E-state index in [0.717, 1.165) is 15.6 Å². The predicted molar refractivity (Wildman–Crippen MR) is 108 cm³/mol. The van der Waals surface area contributed by atoms with Gasteiger partial charge in [0.1, 0.15) is 10.7 Å². The Morgan fingerprint density at radius 3 is 2.39 bits per heavy atom. The van der Waals surface area contributed by atoms with Crippen molar-refractivity contribution in [3.8, 4) is 28.0 Å². The maximum absolute atomic E-state index is 9.17. The molecule has 0 aliphatic carbocycles. The Hall–Kier alpha value is -2.91. The lowest BCUT2D eigenvalue weighted by molar-refractivity contribution is 0.300. The van der Waals surface area contributed by atoms with Crippen molar-refractivity contribution in [1.29, 1.82) is 0 Å². The number of hydrogen-bond donors (Lipinski definition) is 2. The molecule has 0 amide bonds. The Morgan fingerprint density at radius 1 is 1.07 bits per heavy atom. The molecule has 0 atom stereocenters. The van der Waals surface area contributed by atoms with Crippen molar-refractivity contribution in [2.24, 2.45) is 0 Å². The van der Waals surface area contributed by atoms with Crippen LogP contribution in [0.3, 0.4) is 0 Å². The van der Waals surface area contributed by atoms with E-state index in [1.54, 1.807) is 45.7 Å². The zero-order chi connectivity index (χ0) is 20.1. The van der Waals surface area contributed by atoms with Crippen LogP contribution in [0.4, 0.5) is 11.6 Å².